The second-order valence-electron chi connectivity index (χ2n) is 6.18. The number of rotatable bonds is 5. The molecule has 3 N–H and O–H groups in total. The number of amides is 1. The Morgan fingerprint density at radius 2 is 1.60 bits per heavy atom. The van der Waals surface area contributed by atoms with E-state index in [0.29, 0.717) is 18.0 Å². The van der Waals surface area contributed by atoms with Gasteiger partial charge in [-0.15, -0.1) is 0 Å². The Balaban J connectivity index is 1.76. The van der Waals surface area contributed by atoms with Crippen LogP contribution in [0, 0.1) is 11.7 Å². The summed E-state index contributed by atoms with van der Waals surface area (Å²) in [6.07, 6.45) is 0.984. The van der Waals surface area contributed by atoms with Crippen molar-refractivity contribution in [2.24, 2.45) is 5.92 Å². The molecular formula is C19H22FN3OS. The highest BCUT2D eigenvalue weighted by Crippen LogP contribution is 2.09. The Hall–Kier alpha value is -2.47. The van der Waals surface area contributed by atoms with E-state index in [1.54, 1.807) is 24.3 Å². The summed E-state index contributed by atoms with van der Waals surface area (Å²) in [6.45, 7) is 4.75. The molecule has 0 radical (unpaired) electrons. The van der Waals surface area contributed by atoms with Crippen LogP contribution < -0.4 is 16.2 Å². The molecule has 1 amide bonds. The lowest BCUT2D eigenvalue weighted by Crippen LogP contribution is -2.46. The summed E-state index contributed by atoms with van der Waals surface area (Å²) >= 11 is 5.10. The third kappa shape index (κ3) is 6.51. The fraction of sp³-hybridized carbons (Fsp3) is 0.263. The second-order valence-corrected chi connectivity index (χ2v) is 6.59. The van der Waals surface area contributed by atoms with E-state index in [-0.39, 0.29) is 16.8 Å². The van der Waals surface area contributed by atoms with Crippen molar-refractivity contribution in [3.8, 4) is 0 Å². The monoisotopic (exact) mass is 359 g/mol. The van der Waals surface area contributed by atoms with E-state index in [9.17, 15) is 9.18 Å². The van der Waals surface area contributed by atoms with Gasteiger partial charge >= 0.3 is 0 Å². The van der Waals surface area contributed by atoms with Gasteiger partial charge in [0.25, 0.3) is 5.91 Å². The summed E-state index contributed by atoms with van der Waals surface area (Å²) < 4.78 is 12.8. The first-order chi connectivity index (χ1) is 11.9. The number of carbonyl (C=O) groups excluding carboxylic acids is 1. The van der Waals surface area contributed by atoms with E-state index in [0.717, 1.165) is 12.0 Å². The molecule has 0 heterocycles. The van der Waals surface area contributed by atoms with Gasteiger partial charge in [-0.2, -0.15) is 0 Å². The summed E-state index contributed by atoms with van der Waals surface area (Å²) in [5, 5.41) is 3.23. The van der Waals surface area contributed by atoms with E-state index in [1.165, 1.54) is 17.7 Å². The van der Waals surface area contributed by atoms with E-state index in [1.807, 2.05) is 12.1 Å². The molecule has 0 aliphatic heterocycles. The van der Waals surface area contributed by atoms with Gasteiger partial charge in [-0.1, -0.05) is 38.1 Å². The predicted octanol–water partition coefficient (Wildman–Crippen LogP) is 3.33. The van der Waals surface area contributed by atoms with E-state index in [2.05, 4.69) is 30.0 Å². The van der Waals surface area contributed by atoms with E-state index < -0.39 is 0 Å². The fourth-order valence-electron chi connectivity index (χ4n) is 2.28. The van der Waals surface area contributed by atoms with Gasteiger partial charge in [-0.05, 0) is 59.9 Å². The minimum atomic E-state index is -0.281. The van der Waals surface area contributed by atoms with Crippen LogP contribution in [-0.4, -0.2) is 11.0 Å². The van der Waals surface area contributed by atoms with Gasteiger partial charge in [-0.25, -0.2) is 4.39 Å². The number of benzene rings is 2. The average molecular weight is 359 g/mol. The van der Waals surface area contributed by atoms with Crippen molar-refractivity contribution in [3.63, 3.8) is 0 Å². The highest BCUT2D eigenvalue weighted by atomic mass is 32.1. The maximum absolute atomic E-state index is 12.8. The molecule has 0 fully saturated rings. The number of nitrogens with one attached hydrogen (secondary N) is 3. The van der Waals surface area contributed by atoms with Gasteiger partial charge in [-0.3, -0.25) is 15.6 Å². The summed E-state index contributed by atoms with van der Waals surface area (Å²) in [7, 11) is 0. The van der Waals surface area contributed by atoms with Crippen molar-refractivity contribution in [1.29, 1.82) is 0 Å². The molecular weight excluding hydrogens is 337 g/mol. The van der Waals surface area contributed by atoms with Crippen molar-refractivity contribution in [1.82, 2.24) is 16.2 Å². The normalized spacial score (nSPS) is 10.4. The lowest BCUT2D eigenvalue weighted by Gasteiger charge is -2.12. The van der Waals surface area contributed by atoms with Gasteiger partial charge in [0.05, 0.1) is 0 Å². The quantitative estimate of drug-likeness (QED) is 0.566. The minimum Gasteiger partial charge on any atom is -0.357 e. The molecule has 0 saturated heterocycles. The summed E-state index contributed by atoms with van der Waals surface area (Å²) in [4.78, 5) is 12.1. The number of hydrazine groups is 1. The van der Waals surface area contributed by atoms with Gasteiger partial charge in [0.1, 0.15) is 5.82 Å². The molecule has 132 valence electrons. The third-order valence-electron chi connectivity index (χ3n) is 3.52. The third-order valence-corrected chi connectivity index (χ3v) is 3.76. The molecule has 25 heavy (non-hydrogen) atoms. The standard InChI is InChI=1S/C19H22FN3OS/c1-13(2)11-14-3-7-16(8-4-14)18(24)22-23-19(25)21-12-15-5-9-17(20)10-6-15/h3-10,13H,11-12H2,1-2H3,(H,22,24)(H2,21,23,25). The average Bonchev–Trinajstić information content (AvgIpc) is 2.59. The molecule has 4 nitrogen and oxygen atoms in total. The van der Waals surface area contributed by atoms with Crippen LogP contribution in [0.1, 0.15) is 35.3 Å². The molecule has 0 spiro atoms. The zero-order valence-electron chi connectivity index (χ0n) is 14.3. The number of thiocarbonyl (C=S) groups is 1. The maximum atomic E-state index is 12.8. The van der Waals surface area contributed by atoms with Crippen LogP contribution in [0.4, 0.5) is 4.39 Å². The smallest absolute Gasteiger partial charge is 0.269 e. The first-order valence-corrected chi connectivity index (χ1v) is 8.52. The van der Waals surface area contributed by atoms with Crippen LogP contribution in [0.3, 0.4) is 0 Å². The first kappa shape index (κ1) is 18.9. The highest BCUT2D eigenvalue weighted by molar-refractivity contribution is 7.80. The van der Waals surface area contributed by atoms with Gasteiger partial charge in [0.15, 0.2) is 5.11 Å². The molecule has 2 aromatic rings. The van der Waals surface area contributed by atoms with Crippen LogP contribution in [0.25, 0.3) is 0 Å². The summed E-state index contributed by atoms with van der Waals surface area (Å²) in [6, 6.07) is 13.6. The first-order valence-electron chi connectivity index (χ1n) is 8.11. The zero-order valence-corrected chi connectivity index (χ0v) is 15.1. The number of carbonyl (C=O) groups is 1. The van der Waals surface area contributed by atoms with Gasteiger partial charge in [0, 0.05) is 12.1 Å². The van der Waals surface area contributed by atoms with Crippen LogP contribution in [0.15, 0.2) is 48.5 Å². The predicted molar refractivity (Wildman–Crippen MR) is 101 cm³/mol. The van der Waals surface area contributed by atoms with Gasteiger partial charge < -0.3 is 5.32 Å². The summed E-state index contributed by atoms with van der Waals surface area (Å²) in [5.74, 6) is 0.0315. The van der Waals surface area contributed by atoms with Crippen molar-refractivity contribution in [2.75, 3.05) is 0 Å². The molecule has 2 aromatic carbocycles. The molecule has 0 aliphatic rings. The van der Waals surface area contributed by atoms with E-state index >= 15 is 0 Å². The summed E-state index contributed by atoms with van der Waals surface area (Å²) in [5.41, 5.74) is 7.86. The molecule has 0 saturated carbocycles. The largest absolute Gasteiger partial charge is 0.357 e. The van der Waals surface area contributed by atoms with Crippen LogP contribution >= 0.6 is 12.2 Å². The van der Waals surface area contributed by atoms with Crippen molar-refractivity contribution in [2.45, 2.75) is 26.8 Å². The molecule has 0 aliphatic carbocycles. The Morgan fingerprint density at radius 3 is 2.20 bits per heavy atom. The van der Waals surface area contributed by atoms with E-state index in [4.69, 9.17) is 12.2 Å². The minimum absolute atomic E-state index is 0.262. The fourth-order valence-corrected chi connectivity index (χ4v) is 2.40. The topological polar surface area (TPSA) is 53.2 Å². The maximum Gasteiger partial charge on any atom is 0.269 e. The Bertz CT molecular complexity index is 714. The Kier molecular flexibility index (Phi) is 6.89. The second kappa shape index (κ2) is 9.13. The van der Waals surface area contributed by atoms with Crippen molar-refractivity contribution >= 4 is 23.2 Å². The van der Waals surface area contributed by atoms with Crippen molar-refractivity contribution in [3.05, 3.63) is 71.0 Å². The molecule has 0 bridgehead atoms. The van der Waals surface area contributed by atoms with Crippen molar-refractivity contribution < 1.29 is 9.18 Å². The molecule has 0 atom stereocenters. The lowest BCUT2D eigenvalue weighted by atomic mass is 10.0. The molecule has 0 aromatic heterocycles. The molecule has 6 heteroatoms. The molecule has 2 rings (SSSR count). The molecule has 0 unspecified atom stereocenters. The zero-order chi connectivity index (χ0) is 18.2. The lowest BCUT2D eigenvalue weighted by molar-refractivity contribution is 0.0943. The Morgan fingerprint density at radius 1 is 1.00 bits per heavy atom. The van der Waals surface area contributed by atoms with Crippen LogP contribution in [0.2, 0.25) is 0 Å². The Labute approximate surface area is 152 Å². The number of hydrogen-bond donors (Lipinski definition) is 3. The highest BCUT2D eigenvalue weighted by Gasteiger charge is 2.06. The van der Waals surface area contributed by atoms with Crippen LogP contribution in [0.5, 0.6) is 0 Å². The number of halogens is 1. The van der Waals surface area contributed by atoms with Crippen LogP contribution in [-0.2, 0) is 13.0 Å². The van der Waals surface area contributed by atoms with Gasteiger partial charge in [0.2, 0.25) is 0 Å². The SMILES string of the molecule is CC(C)Cc1ccc(C(=O)NNC(=S)NCc2ccc(F)cc2)cc1. The number of hydrogen-bond acceptors (Lipinski definition) is 2.